The van der Waals surface area contributed by atoms with Gasteiger partial charge in [-0.1, -0.05) is 54.0 Å². The predicted molar refractivity (Wildman–Crippen MR) is 114 cm³/mol. The fourth-order valence-electron chi connectivity index (χ4n) is 2.11. The zero-order valence-electron chi connectivity index (χ0n) is 15.2. The highest BCUT2D eigenvalue weighted by Crippen LogP contribution is 2.19. The first-order chi connectivity index (χ1) is 11.3. The second kappa shape index (κ2) is 9.51. The number of nitrogens with zero attached hydrogens (tertiary/aromatic N) is 4. The van der Waals surface area contributed by atoms with Gasteiger partial charge in [-0.3, -0.25) is 4.99 Å². The van der Waals surface area contributed by atoms with Crippen molar-refractivity contribution in [1.82, 2.24) is 20.4 Å². The summed E-state index contributed by atoms with van der Waals surface area (Å²) in [6, 6.07) is 8.24. The number of halogens is 2. The van der Waals surface area contributed by atoms with E-state index in [2.05, 4.69) is 48.5 Å². The molecule has 0 aliphatic rings. The molecule has 2 aromatic rings. The van der Waals surface area contributed by atoms with Crippen molar-refractivity contribution >= 4 is 45.9 Å². The molecular weight excluding hydrogens is 497 g/mol. The average Bonchev–Trinajstić information content (AvgIpc) is 2.99. The van der Waals surface area contributed by atoms with E-state index in [9.17, 15) is 0 Å². The van der Waals surface area contributed by atoms with Crippen molar-refractivity contribution in [2.24, 2.45) is 4.99 Å². The van der Waals surface area contributed by atoms with Crippen LogP contribution in [0.2, 0.25) is 0 Å². The van der Waals surface area contributed by atoms with E-state index >= 15 is 0 Å². The monoisotopic (exact) mass is 521 g/mol. The van der Waals surface area contributed by atoms with Crippen molar-refractivity contribution in [3.8, 4) is 0 Å². The van der Waals surface area contributed by atoms with E-state index < -0.39 is 0 Å². The second-order valence-corrected chi connectivity index (χ2v) is 7.56. The largest absolute Gasteiger partial charge is 0.349 e. The molecule has 0 spiro atoms. The lowest BCUT2D eigenvalue weighted by Gasteiger charge is -2.21. The summed E-state index contributed by atoms with van der Waals surface area (Å²) in [5.74, 6) is 2.04. The summed E-state index contributed by atoms with van der Waals surface area (Å²) in [6.45, 7) is 7.36. The highest BCUT2D eigenvalue weighted by atomic mass is 127. The van der Waals surface area contributed by atoms with Crippen molar-refractivity contribution in [1.29, 1.82) is 0 Å². The van der Waals surface area contributed by atoms with Gasteiger partial charge < -0.3 is 14.7 Å². The quantitative estimate of drug-likeness (QED) is 0.375. The molecule has 1 N–H and O–H groups in total. The van der Waals surface area contributed by atoms with Crippen LogP contribution in [0.3, 0.4) is 0 Å². The number of aromatic nitrogens is 2. The predicted octanol–water partition coefficient (Wildman–Crippen LogP) is 3.96. The van der Waals surface area contributed by atoms with Gasteiger partial charge in [-0.05, 0) is 17.7 Å². The minimum Gasteiger partial charge on any atom is -0.349 e. The molecule has 2 rings (SSSR count). The van der Waals surface area contributed by atoms with E-state index in [0.717, 1.165) is 17.0 Å². The Hall–Kier alpha value is -1.16. The van der Waals surface area contributed by atoms with E-state index in [4.69, 9.17) is 4.52 Å². The number of hydrogen-bond acceptors (Lipinski definition) is 4. The van der Waals surface area contributed by atoms with Crippen LogP contribution in [0.15, 0.2) is 38.3 Å². The first-order valence-corrected chi connectivity index (χ1v) is 8.58. The third kappa shape index (κ3) is 6.58. The van der Waals surface area contributed by atoms with Crippen molar-refractivity contribution in [2.75, 3.05) is 14.1 Å². The average molecular weight is 522 g/mol. The number of guanidine groups is 1. The molecule has 0 saturated carbocycles. The van der Waals surface area contributed by atoms with Crippen LogP contribution in [0.5, 0.6) is 0 Å². The lowest BCUT2D eigenvalue weighted by atomic mass is 9.97. The van der Waals surface area contributed by atoms with Gasteiger partial charge in [0.1, 0.15) is 0 Å². The molecule has 0 saturated heterocycles. The minimum absolute atomic E-state index is 0. The van der Waals surface area contributed by atoms with Crippen molar-refractivity contribution in [3.05, 3.63) is 46.0 Å². The minimum atomic E-state index is -0.148. The second-order valence-electron chi connectivity index (χ2n) is 6.65. The van der Waals surface area contributed by atoms with Crippen LogP contribution >= 0.6 is 39.9 Å². The molecule has 0 bridgehead atoms. The fraction of sp³-hybridized carbons (Fsp3) is 0.471. The fourth-order valence-corrected chi connectivity index (χ4v) is 2.38. The number of benzene rings is 1. The van der Waals surface area contributed by atoms with Crippen LogP contribution in [0.4, 0.5) is 0 Å². The van der Waals surface area contributed by atoms with E-state index in [1.54, 1.807) is 7.05 Å². The van der Waals surface area contributed by atoms with Crippen LogP contribution in [0, 0.1) is 0 Å². The molecule has 0 unspecified atom stereocenters. The van der Waals surface area contributed by atoms with E-state index in [0.29, 0.717) is 18.3 Å². The van der Waals surface area contributed by atoms with Gasteiger partial charge in [-0.2, -0.15) is 4.98 Å². The Morgan fingerprint density at radius 1 is 1.28 bits per heavy atom. The number of hydrogen-bond donors (Lipinski definition) is 1. The van der Waals surface area contributed by atoms with Gasteiger partial charge in [0.2, 0.25) is 5.89 Å². The maximum atomic E-state index is 5.30. The van der Waals surface area contributed by atoms with Gasteiger partial charge in [0.15, 0.2) is 11.8 Å². The first-order valence-electron chi connectivity index (χ1n) is 7.79. The van der Waals surface area contributed by atoms with Crippen LogP contribution in [-0.4, -0.2) is 35.1 Å². The maximum absolute atomic E-state index is 5.30. The van der Waals surface area contributed by atoms with E-state index in [1.165, 1.54) is 5.56 Å². The molecule has 0 fully saturated rings. The Bertz CT molecular complexity index is 694. The molecule has 138 valence electrons. The molecule has 0 aliphatic carbocycles. The molecule has 1 aromatic carbocycles. The summed E-state index contributed by atoms with van der Waals surface area (Å²) in [4.78, 5) is 10.8. The van der Waals surface area contributed by atoms with Crippen LogP contribution in [-0.2, 0) is 18.5 Å². The number of aliphatic imine (C=N–C) groups is 1. The molecule has 8 heteroatoms. The lowest BCUT2D eigenvalue weighted by molar-refractivity contribution is 0.318. The zero-order valence-corrected chi connectivity index (χ0v) is 19.1. The van der Waals surface area contributed by atoms with Gasteiger partial charge >= 0.3 is 0 Å². The smallest absolute Gasteiger partial charge is 0.232 e. The third-order valence-corrected chi connectivity index (χ3v) is 3.95. The van der Waals surface area contributed by atoms with Gasteiger partial charge in [0.25, 0.3) is 0 Å². The van der Waals surface area contributed by atoms with Gasteiger partial charge in [-0.15, -0.1) is 24.0 Å². The highest BCUT2D eigenvalue weighted by Gasteiger charge is 2.21. The standard InChI is InChI=1S/C17H24BrN5O.HI/c1-17(2,3)15-21-14(22-24-15)10-20-16(19-4)23(5)11-12-6-8-13(18)9-7-12;/h6-9H,10-11H2,1-5H3,(H,19,20);1H. The topological polar surface area (TPSA) is 66.5 Å². The molecule has 1 aromatic heterocycles. The van der Waals surface area contributed by atoms with Crippen molar-refractivity contribution in [3.63, 3.8) is 0 Å². The van der Waals surface area contributed by atoms with Crippen LogP contribution < -0.4 is 5.32 Å². The van der Waals surface area contributed by atoms with Crippen LogP contribution in [0.1, 0.15) is 38.0 Å². The summed E-state index contributed by atoms with van der Waals surface area (Å²) < 4.78 is 6.38. The Morgan fingerprint density at radius 2 is 1.92 bits per heavy atom. The Balaban J connectivity index is 0.00000312. The SMILES string of the molecule is CN=C(NCc1noc(C(C)(C)C)n1)N(C)Cc1ccc(Br)cc1.I. The Kier molecular flexibility index (Phi) is 8.33. The molecule has 6 nitrogen and oxygen atoms in total. The lowest BCUT2D eigenvalue weighted by Crippen LogP contribution is -2.38. The van der Waals surface area contributed by atoms with Crippen LogP contribution in [0.25, 0.3) is 0 Å². The zero-order chi connectivity index (χ0) is 17.7. The third-order valence-electron chi connectivity index (χ3n) is 3.42. The molecular formula is C17H25BrIN5O. The highest BCUT2D eigenvalue weighted by molar-refractivity contribution is 14.0. The van der Waals surface area contributed by atoms with Crippen molar-refractivity contribution in [2.45, 2.75) is 39.3 Å². The molecule has 1 heterocycles. The number of nitrogens with one attached hydrogen (secondary N) is 1. The first kappa shape index (κ1) is 21.9. The number of rotatable bonds is 4. The Morgan fingerprint density at radius 3 is 2.44 bits per heavy atom. The molecule has 25 heavy (non-hydrogen) atoms. The summed E-state index contributed by atoms with van der Waals surface area (Å²) >= 11 is 3.45. The van der Waals surface area contributed by atoms with E-state index in [1.807, 2.05) is 44.9 Å². The summed E-state index contributed by atoms with van der Waals surface area (Å²) in [5.41, 5.74) is 1.06. The van der Waals surface area contributed by atoms with Gasteiger partial charge in [-0.25, -0.2) is 0 Å². The molecule has 0 atom stereocenters. The summed E-state index contributed by atoms with van der Waals surface area (Å²) in [5, 5.41) is 7.28. The molecule has 0 aliphatic heterocycles. The molecule has 0 amide bonds. The van der Waals surface area contributed by atoms with E-state index in [-0.39, 0.29) is 29.4 Å². The van der Waals surface area contributed by atoms with Gasteiger partial charge in [0, 0.05) is 30.5 Å². The summed E-state index contributed by atoms with van der Waals surface area (Å²) in [7, 11) is 3.76. The maximum Gasteiger partial charge on any atom is 0.232 e. The summed E-state index contributed by atoms with van der Waals surface area (Å²) in [6.07, 6.45) is 0. The normalized spacial score (nSPS) is 11.8. The van der Waals surface area contributed by atoms with Gasteiger partial charge in [0.05, 0.1) is 6.54 Å². The Labute approximate surface area is 174 Å². The molecule has 0 radical (unpaired) electrons. The van der Waals surface area contributed by atoms with Crippen molar-refractivity contribution < 1.29 is 4.52 Å².